The molecule has 2 aliphatic heterocycles. The van der Waals surface area contributed by atoms with Gasteiger partial charge in [-0.25, -0.2) is 9.59 Å². The summed E-state index contributed by atoms with van der Waals surface area (Å²) in [5.74, 6) is -0.164. The number of likely N-dealkylation sites (tertiary alicyclic amines) is 1. The minimum atomic E-state index is -0.386. The van der Waals surface area contributed by atoms with Gasteiger partial charge in [-0.15, -0.1) is 0 Å². The average molecular weight is 553 g/mol. The first-order valence-corrected chi connectivity index (χ1v) is 13.8. The summed E-state index contributed by atoms with van der Waals surface area (Å²) in [6.07, 6.45) is 1.35. The Morgan fingerprint density at radius 1 is 0.974 bits per heavy atom. The fourth-order valence-corrected chi connectivity index (χ4v) is 5.69. The van der Waals surface area contributed by atoms with E-state index in [-0.39, 0.29) is 36.8 Å². The van der Waals surface area contributed by atoms with Crippen LogP contribution in [-0.2, 0) is 15.9 Å². The zero-order valence-electron chi connectivity index (χ0n) is 22.2. The molecule has 3 aromatic rings. The van der Waals surface area contributed by atoms with Crippen molar-refractivity contribution in [3.63, 3.8) is 0 Å². The highest BCUT2D eigenvalue weighted by Crippen LogP contribution is 2.39. The van der Waals surface area contributed by atoms with Crippen LogP contribution in [0.4, 0.5) is 9.59 Å². The minimum Gasteiger partial charge on any atom is -0.450 e. The fraction of sp³-hybridized carbons (Fsp3) is 0.414. The van der Waals surface area contributed by atoms with Crippen molar-refractivity contribution in [2.24, 2.45) is 0 Å². The van der Waals surface area contributed by atoms with Gasteiger partial charge in [-0.1, -0.05) is 23.7 Å². The van der Waals surface area contributed by atoms with Gasteiger partial charge in [-0.05, 0) is 74.6 Å². The predicted molar refractivity (Wildman–Crippen MR) is 148 cm³/mol. The Morgan fingerprint density at radius 3 is 2.36 bits per heavy atom. The molecular weight excluding hydrogens is 520 g/mol. The number of aromatic amines is 1. The molecule has 206 valence electrons. The third-order valence-electron chi connectivity index (χ3n) is 7.44. The third-order valence-corrected chi connectivity index (χ3v) is 7.67. The van der Waals surface area contributed by atoms with Crippen molar-refractivity contribution in [1.29, 1.82) is 0 Å². The van der Waals surface area contributed by atoms with Crippen LogP contribution in [0.1, 0.15) is 59.9 Å². The van der Waals surface area contributed by atoms with Gasteiger partial charge in [-0.2, -0.15) is 0 Å². The Hall–Kier alpha value is -3.72. The van der Waals surface area contributed by atoms with Crippen molar-refractivity contribution >= 4 is 40.6 Å². The molecule has 0 aliphatic carbocycles. The van der Waals surface area contributed by atoms with Crippen molar-refractivity contribution in [3.8, 4) is 0 Å². The number of hydrogen-bond acceptors (Lipinski definition) is 5. The number of ether oxygens (including phenoxy) is 2. The van der Waals surface area contributed by atoms with Crippen LogP contribution >= 0.6 is 11.6 Å². The Bertz CT molecular complexity index is 1360. The second-order valence-electron chi connectivity index (χ2n) is 9.81. The molecule has 10 heteroatoms. The highest BCUT2D eigenvalue weighted by molar-refractivity contribution is 6.31. The molecule has 1 saturated heterocycles. The van der Waals surface area contributed by atoms with Gasteiger partial charge in [-0.3, -0.25) is 9.69 Å². The lowest BCUT2D eigenvalue weighted by atomic mass is 9.92. The van der Waals surface area contributed by atoms with Crippen LogP contribution in [0.3, 0.4) is 0 Å². The maximum absolute atomic E-state index is 13.0. The van der Waals surface area contributed by atoms with E-state index in [1.165, 1.54) is 0 Å². The number of hydrogen-bond donors (Lipinski definition) is 2. The normalized spacial score (nSPS) is 17.6. The number of rotatable bonds is 5. The summed E-state index contributed by atoms with van der Waals surface area (Å²) in [4.78, 5) is 44.8. The van der Waals surface area contributed by atoms with Gasteiger partial charge >= 0.3 is 12.2 Å². The molecule has 1 unspecified atom stereocenters. The van der Waals surface area contributed by atoms with E-state index < -0.39 is 0 Å². The van der Waals surface area contributed by atoms with E-state index in [9.17, 15) is 14.4 Å². The number of aromatic nitrogens is 1. The maximum Gasteiger partial charge on any atom is 0.410 e. The number of nitrogens with zero attached hydrogens (tertiary/aromatic N) is 2. The molecular formula is C29H33ClN4O5. The molecule has 0 radical (unpaired) electrons. The first kappa shape index (κ1) is 26.9. The molecule has 5 rings (SSSR count). The minimum absolute atomic E-state index is 0.0127. The number of H-pyrrole nitrogens is 1. The molecule has 3 heterocycles. The second kappa shape index (κ2) is 11.6. The zero-order valence-corrected chi connectivity index (χ0v) is 22.9. The van der Waals surface area contributed by atoms with Gasteiger partial charge in [0.25, 0.3) is 5.91 Å². The number of carbonyl (C=O) groups excluding carboxylic acids is 3. The van der Waals surface area contributed by atoms with E-state index in [1.807, 2.05) is 30.3 Å². The molecule has 1 aromatic heterocycles. The number of piperidine rings is 1. The Kier molecular flexibility index (Phi) is 7.97. The van der Waals surface area contributed by atoms with Gasteiger partial charge in [0.15, 0.2) is 0 Å². The SMILES string of the molecule is CCOC(=O)N1CCC(NC(=O)c2ccc(C3c4[nH]c5ccc(Cl)cc5c4CCN3C(=O)OCC)cc2)CC1. The van der Waals surface area contributed by atoms with E-state index in [0.717, 1.165) is 27.7 Å². The largest absolute Gasteiger partial charge is 0.450 e. The lowest BCUT2D eigenvalue weighted by Gasteiger charge is -2.35. The smallest absolute Gasteiger partial charge is 0.410 e. The summed E-state index contributed by atoms with van der Waals surface area (Å²) in [6, 6.07) is 12.7. The second-order valence-corrected chi connectivity index (χ2v) is 10.2. The lowest BCUT2D eigenvalue weighted by Crippen LogP contribution is -2.46. The summed E-state index contributed by atoms with van der Waals surface area (Å²) in [5, 5.41) is 4.80. The topological polar surface area (TPSA) is 104 Å². The highest BCUT2D eigenvalue weighted by Gasteiger charge is 2.35. The number of benzene rings is 2. The molecule has 0 spiro atoms. The molecule has 1 atom stereocenters. The van der Waals surface area contributed by atoms with E-state index in [4.69, 9.17) is 21.1 Å². The Balaban J connectivity index is 1.34. The number of fused-ring (bicyclic) bond motifs is 3. The quantitative estimate of drug-likeness (QED) is 0.448. The van der Waals surface area contributed by atoms with E-state index in [2.05, 4.69) is 10.3 Å². The number of amides is 3. The van der Waals surface area contributed by atoms with Crippen LogP contribution in [0.25, 0.3) is 10.9 Å². The summed E-state index contributed by atoms with van der Waals surface area (Å²) in [5.41, 5.74) is 4.44. The van der Waals surface area contributed by atoms with Gasteiger partial charge in [0.2, 0.25) is 0 Å². The van der Waals surface area contributed by atoms with Gasteiger partial charge in [0.05, 0.1) is 13.2 Å². The standard InChI is InChI=1S/C29H33ClN4O5/c1-3-38-28(36)33-14-11-21(12-15-33)31-27(35)19-7-5-18(6-8-19)26-25-22(13-16-34(26)29(37)39-4-2)23-17-20(30)9-10-24(23)32-25/h5-10,17,21,26,32H,3-4,11-16H2,1-2H3,(H,31,35). The van der Waals surface area contributed by atoms with Gasteiger partial charge in [0.1, 0.15) is 6.04 Å². The van der Waals surface area contributed by atoms with Crippen molar-refractivity contribution in [2.75, 3.05) is 32.8 Å². The van der Waals surface area contributed by atoms with Crippen molar-refractivity contribution < 1.29 is 23.9 Å². The molecule has 2 N–H and O–H groups in total. The van der Waals surface area contributed by atoms with Crippen LogP contribution in [0.15, 0.2) is 42.5 Å². The van der Waals surface area contributed by atoms with Crippen molar-refractivity contribution in [3.05, 3.63) is 69.9 Å². The lowest BCUT2D eigenvalue weighted by molar-refractivity contribution is 0.0857. The van der Waals surface area contributed by atoms with Crippen LogP contribution in [0.5, 0.6) is 0 Å². The van der Waals surface area contributed by atoms with Crippen molar-refractivity contribution in [1.82, 2.24) is 20.1 Å². The molecule has 3 amide bonds. The van der Waals surface area contributed by atoms with Crippen LogP contribution in [-0.4, -0.2) is 71.8 Å². The Morgan fingerprint density at radius 2 is 1.67 bits per heavy atom. The first-order valence-electron chi connectivity index (χ1n) is 13.5. The van der Waals surface area contributed by atoms with Crippen LogP contribution in [0, 0.1) is 0 Å². The average Bonchev–Trinajstić information content (AvgIpc) is 3.31. The molecule has 0 saturated carbocycles. The van der Waals surface area contributed by atoms with Crippen LogP contribution < -0.4 is 5.32 Å². The summed E-state index contributed by atoms with van der Waals surface area (Å²) in [6.45, 7) is 5.81. The monoisotopic (exact) mass is 552 g/mol. The fourth-order valence-electron chi connectivity index (χ4n) is 5.52. The number of halogens is 1. The molecule has 39 heavy (non-hydrogen) atoms. The zero-order chi connectivity index (χ0) is 27.5. The number of carbonyl (C=O) groups is 3. The maximum atomic E-state index is 13.0. The summed E-state index contributed by atoms with van der Waals surface area (Å²) in [7, 11) is 0. The van der Waals surface area contributed by atoms with Crippen LogP contribution in [0.2, 0.25) is 5.02 Å². The molecule has 9 nitrogen and oxygen atoms in total. The first-order chi connectivity index (χ1) is 18.9. The van der Waals surface area contributed by atoms with E-state index in [0.29, 0.717) is 56.1 Å². The predicted octanol–water partition coefficient (Wildman–Crippen LogP) is 5.28. The molecule has 2 aliphatic rings. The molecule has 1 fully saturated rings. The number of nitrogens with one attached hydrogen (secondary N) is 2. The third kappa shape index (κ3) is 5.54. The van der Waals surface area contributed by atoms with Gasteiger partial charge in [0, 0.05) is 52.9 Å². The molecule has 0 bridgehead atoms. The van der Waals surface area contributed by atoms with Gasteiger partial charge < -0.3 is 24.7 Å². The highest BCUT2D eigenvalue weighted by atomic mass is 35.5. The summed E-state index contributed by atoms with van der Waals surface area (Å²) >= 11 is 6.28. The molecule has 2 aromatic carbocycles. The van der Waals surface area contributed by atoms with Crippen molar-refractivity contribution in [2.45, 2.75) is 45.2 Å². The van der Waals surface area contributed by atoms with E-state index >= 15 is 0 Å². The Labute approximate surface area is 232 Å². The summed E-state index contributed by atoms with van der Waals surface area (Å²) < 4.78 is 10.4. The van der Waals surface area contributed by atoms with E-state index in [1.54, 1.807) is 35.8 Å².